The Morgan fingerprint density at radius 3 is 3.00 bits per heavy atom. The van der Waals surface area contributed by atoms with E-state index in [-0.39, 0.29) is 0 Å². The Labute approximate surface area is 143 Å². The molecule has 24 heavy (non-hydrogen) atoms. The number of nitrogens with zero attached hydrogens (tertiary/aromatic N) is 6. The number of hydrogen-bond acceptors (Lipinski definition) is 7. The quantitative estimate of drug-likeness (QED) is 0.609. The van der Waals surface area contributed by atoms with Crippen LogP contribution in [0.2, 0.25) is 0 Å². The van der Waals surface area contributed by atoms with Crippen LogP contribution < -0.4 is 0 Å². The van der Waals surface area contributed by atoms with E-state index < -0.39 is 0 Å². The van der Waals surface area contributed by atoms with Crippen molar-refractivity contribution in [2.45, 2.75) is 49.6 Å². The molecule has 0 unspecified atom stereocenters. The van der Waals surface area contributed by atoms with Gasteiger partial charge in [0.05, 0.1) is 5.75 Å². The van der Waals surface area contributed by atoms with Crippen LogP contribution >= 0.6 is 11.8 Å². The van der Waals surface area contributed by atoms with Crippen LogP contribution in [0.1, 0.15) is 43.9 Å². The molecule has 0 amide bonds. The molecule has 0 N–H and O–H groups in total. The molecular weight excluding hydrogens is 324 g/mol. The highest BCUT2D eigenvalue weighted by atomic mass is 32.2. The molecule has 7 nitrogen and oxygen atoms in total. The molecule has 3 aromatic rings. The molecule has 4 rings (SSSR count). The van der Waals surface area contributed by atoms with E-state index in [2.05, 4.69) is 36.8 Å². The number of hydrogen-bond donors (Lipinski definition) is 0. The molecule has 1 fully saturated rings. The van der Waals surface area contributed by atoms with Crippen molar-refractivity contribution in [3.8, 4) is 11.4 Å². The maximum absolute atomic E-state index is 5.30. The fourth-order valence-corrected chi connectivity index (χ4v) is 3.37. The van der Waals surface area contributed by atoms with Crippen molar-refractivity contribution in [2.24, 2.45) is 0 Å². The molecule has 3 aromatic heterocycles. The third-order valence-electron chi connectivity index (χ3n) is 3.80. The molecule has 1 aliphatic rings. The number of aromatic nitrogens is 6. The third kappa shape index (κ3) is 3.19. The van der Waals surface area contributed by atoms with Gasteiger partial charge in [-0.3, -0.25) is 9.55 Å². The zero-order chi connectivity index (χ0) is 16.4. The van der Waals surface area contributed by atoms with Gasteiger partial charge in [0.2, 0.25) is 5.89 Å². The van der Waals surface area contributed by atoms with E-state index in [4.69, 9.17) is 4.52 Å². The summed E-state index contributed by atoms with van der Waals surface area (Å²) in [5.74, 6) is 2.89. The van der Waals surface area contributed by atoms with E-state index >= 15 is 0 Å². The number of pyridine rings is 1. The first-order chi connectivity index (χ1) is 11.8. The van der Waals surface area contributed by atoms with Crippen molar-refractivity contribution in [3.63, 3.8) is 0 Å². The third-order valence-corrected chi connectivity index (χ3v) is 4.73. The highest BCUT2D eigenvalue weighted by molar-refractivity contribution is 7.98. The molecule has 0 aliphatic heterocycles. The minimum absolute atomic E-state index is 0.482. The lowest BCUT2D eigenvalue weighted by Gasteiger charge is -2.07. The van der Waals surface area contributed by atoms with Crippen molar-refractivity contribution in [2.75, 3.05) is 0 Å². The lowest BCUT2D eigenvalue weighted by Crippen LogP contribution is -2.00. The molecule has 0 spiro atoms. The van der Waals surface area contributed by atoms with Gasteiger partial charge in [-0.05, 0) is 31.4 Å². The van der Waals surface area contributed by atoms with Crippen LogP contribution in [0.3, 0.4) is 0 Å². The van der Waals surface area contributed by atoms with Gasteiger partial charge < -0.3 is 4.52 Å². The molecule has 0 atom stereocenters. The van der Waals surface area contributed by atoms with Crippen molar-refractivity contribution >= 4 is 11.8 Å². The standard InChI is InChI=1S/C16H18N6OS/c1-2-4-13-18-14(23-21-13)10-24-16-20-19-15(22(16)12-6-7-12)11-5-3-8-17-9-11/h3,5,8-9,12H,2,4,6-7,10H2,1H3. The van der Waals surface area contributed by atoms with Crippen molar-refractivity contribution < 1.29 is 4.52 Å². The molecule has 0 saturated heterocycles. The molecule has 0 aromatic carbocycles. The molecule has 3 heterocycles. The summed E-state index contributed by atoms with van der Waals surface area (Å²) >= 11 is 1.59. The van der Waals surface area contributed by atoms with Gasteiger partial charge in [0.15, 0.2) is 16.8 Å². The van der Waals surface area contributed by atoms with Crippen molar-refractivity contribution in [3.05, 3.63) is 36.2 Å². The van der Waals surface area contributed by atoms with Crippen molar-refractivity contribution in [1.82, 2.24) is 29.9 Å². The highest BCUT2D eigenvalue weighted by Crippen LogP contribution is 2.41. The summed E-state index contributed by atoms with van der Waals surface area (Å²) in [5.41, 5.74) is 0.992. The van der Waals surface area contributed by atoms with Gasteiger partial charge in [0.1, 0.15) is 0 Å². The first-order valence-electron chi connectivity index (χ1n) is 8.14. The van der Waals surface area contributed by atoms with Crippen LogP contribution in [-0.4, -0.2) is 29.9 Å². The van der Waals surface area contributed by atoms with Crippen LogP contribution in [0, 0.1) is 0 Å². The Kier molecular flexibility index (Phi) is 4.29. The number of thioether (sulfide) groups is 1. The Hall–Kier alpha value is -2.22. The van der Waals surface area contributed by atoms with E-state index in [0.717, 1.165) is 35.2 Å². The van der Waals surface area contributed by atoms with Crippen LogP contribution in [0.15, 0.2) is 34.2 Å². The molecule has 8 heteroatoms. The summed E-state index contributed by atoms with van der Waals surface area (Å²) in [4.78, 5) is 8.59. The lowest BCUT2D eigenvalue weighted by molar-refractivity contribution is 0.384. The van der Waals surface area contributed by atoms with E-state index in [1.807, 2.05) is 18.3 Å². The highest BCUT2D eigenvalue weighted by Gasteiger charge is 2.30. The maximum Gasteiger partial charge on any atom is 0.237 e. The average molecular weight is 342 g/mol. The summed E-state index contributed by atoms with van der Waals surface area (Å²) in [5, 5.41) is 13.6. The lowest BCUT2D eigenvalue weighted by atomic mass is 10.3. The van der Waals surface area contributed by atoms with Gasteiger partial charge in [0, 0.05) is 30.4 Å². The smallest absolute Gasteiger partial charge is 0.237 e. The summed E-state index contributed by atoms with van der Waals surface area (Å²) in [6.45, 7) is 2.10. The number of aryl methyl sites for hydroxylation is 1. The van der Waals surface area contributed by atoms with Gasteiger partial charge in [-0.2, -0.15) is 4.98 Å². The van der Waals surface area contributed by atoms with E-state index in [0.29, 0.717) is 17.7 Å². The molecule has 1 aliphatic carbocycles. The zero-order valence-electron chi connectivity index (χ0n) is 13.4. The second-order valence-electron chi connectivity index (χ2n) is 5.79. The minimum Gasteiger partial charge on any atom is -0.338 e. The summed E-state index contributed by atoms with van der Waals surface area (Å²) in [7, 11) is 0. The maximum atomic E-state index is 5.30. The minimum atomic E-state index is 0.482. The molecule has 124 valence electrons. The van der Waals surface area contributed by atoms with Gasteiger partial charge in [0.25, 0.3) is 0 Å². The second-order valence-corrected chi connectivity index (χ2v) is 6.73. The SMILES string of the molecule is CCCc1noc(CSc2nnc(-c3cccnc3)n2C2CC2)n1. The summed E-state index contributed by atoms with van der Waals surface area (Å²) in [6, 6.07) is 4.41. The summed E-state index contributed by atoms with van der Waals surface area (Å²) in [6.07, 6.45) is 7.78. The van der Waals surface area contributed by atoms with Crippen molar-refractivity contribution in [1.29, 1.82) is 0 Å². The van der Waals surface area contributed by atoms with Gasteiger partial charge in [-0.1, -0.05) is 23.8 Å². The van der Waals surface area contributed by atoms with Crippen LogP contribution in [0.25, 0.3) is 11.4 Å². The van der Waals surface area contributed by atoms with E-state index in [1.54, 1.807) is 18.0 Å². The largest absolute Gasteiger partial charge is 0.338 e. The van der Waals surface area contributed by atoms with Gasteiger partial charge in [-0.25, -0.2) is 0 Å². The first kappa shape index (κ1) is 15.3. The topological polar surface area (TPSA) is 82.5 Å². The molecule has 0 bridgehead atoms. The Bertz CT molecular complexity index is 811. The number of rotatable bonds is 7. The second kappa shape index (κ2) is 6.72. The van der Waals surface area contributed by atoms with E-state index in [9.17, 15) is 0 Å². The fraction of sp³-hybridized carbons (Fsp3) is 0.438. The Balaban J connectivity index is 1.54. The normalized spacial score (nSPS) is 14.2. The summed E-state index contributed by atoms with van der Waals surface area (Å²) < 4.78 is 7.51. The van der Waals surface area contributed by atoms with Crippen LogP contribution in [0.5, 0.6) is 0 Å². The first-order valence-corrected chi connectivity index (χ1v) is 9.13. The molecule has 0 radical (unpaired) electrons. The van der Waals surface area contributed by atoms with Gasteiger partial charge >= 0.3 is 0 Å². The van der Waals surface area contributed by atoms with E-state index in [1.165, 1.54) is 12.8 Å². The predicted octanol–water partition coefficient (Wildman–Crippen LogP) is 3.30. The monoisotopic (exact) mass is 342 g/mol. The fourth-order valence-electron chi connectivity index (χ4n) is 2.53. The Morgan fingerprint density at radius 1 is 1.33 bits per heavy atom. The Morgan fingerprint density at radius 2 is 2.25 bits per heavy atom. The molecule has 1 saturated carbocycles. The average Bonchev–Trinajstić information content (AvgIpc) is 3.20. The molecular formula is C16H18N6OS. The van der Waals surface area contributed by atoms with Crippen LogP contribution in [-0.2, 0) is 12.2 Å². The zero-order valence-corrected chi connectivity index (χ0v) is 14.2. The van der Waals surface area contributed by atoms with Crippen LogP contribution in [0.4, 0.5) is 0 Å². The predicted molar refractivity (Wildman–Crippen MR) is 89.4 cm³/mol. The van der Waals surface area contributed by atoms with Gasteiger partial charge in [-0.15, -0.1) is 10.2 Å².